The average Bonchev–Trinajstić information content (AvgIpc) is 2.37. The maximum absolute atomic E-state index is 11.1. The van der Waals surface area contributed by atoms with Crippen LogP contribution in [-0.4, -0.2) is 15.3 Å². The van der Waals surface area contributed by atoms with Crippen molar-refractivity contribution in [1.29, 1.82) is 0 Å². The quantitative estimate of drug-likeness (QED) is 0.638. The van der Waals surface area contributed by atoms with Gasteiger partial charge in [0.15, 0.2) is 5.78 Å². The van der Waals surface area contributed by atoms with Crippen molar-refractivity contribution in [1.82, 2.24) is 9.55 Å². The van der Waals surface area contributed by atoms with Crippen LogP contribution in [0.25, 0.3) is 0 Å². The van der Waals surface area contributed by atoms with Gasteiger partial charge in [-0.1, -0.05) is 0 Å². The molecule has 0 N–H and O–H groups in total. The molecule has 0 spiro atoms. The van der Waals surface area contributed by atoms with E-state index in [0.717, 1.165) is 0 Å². The van der Waals surface area contributed by atoms with Crippen LogP contribution in [0.3, 0.4) is 0 Å². The number of ketones is 1. The third-order valence-corrected chi connectivity index (χ3v) is 2.01. The molecule has 0 radical (unpaired) electrons. The Morgan fingerprint density at radius 3 is 2.55 bits per heavy atom. The fourth-order valence-corrected chi connectivity index (χ4v) is 0.772. The van der Waals surface area contributed by atoms with Gasteiger partial charge in [-0.25, -0.2) is 4.98 Å². The van der Waals surface area contributed by atoms with E-state index in [4.69, 9.17) is 0 Å². The third kappa shape index (κ3) is 1.31. The molecular weight excluding hydrogens is 140 g/mol. The second-order valence-corrected chi connectivity index (χ2v) is 3.09. The number of imidazole rings is 1. The van der Waals surface area contributed by atoms with Crippen molar-refractivity contribution in [2.24, 2.45) is 0 Å². The zero-order chi connectivity index (χ0) is 8.48. The summed E-state index contributed by atoms with van der Waals surface area (Å²) < 4.78 is 1.80. The van der Waals surface area contributed by atoms with E-state index in [0.29, 0.717) is 0 Å². The molecule has 0 aromatic carbocycles. The van der Waals surface area contributed by atoms with Crippen LogP contribution < -0.4 is 0 Å². The van der Waals surface area contributed by atoms with Gasteiger partial charge in [-0.2, -0.15) is 0 Å². The summed E-state index contributed by atoms with van der Waals surface area (Å²) in [6, 6.07) is 0. The van der Waals surface area contributed by atoms with Crippen molar-refractivity contribution in [3.05, 3.63) is 18.7 Å². The molecule has 0 aliphatic heterocycles. The summed E-state index contributed by atoms with van der Waals surface area (Å²) >= 11 is 0. The number of aromatic nitrogens is 2. The highest BCUT2D eigenvalue weighted by molar-refractivity contribution is 5.83. The number of rotatable bonds is 2. The number of nitrogens with zero attached hydrogens (tertiary/aromatic N) is 2. The lowest BCUT2D eigenvalue weighted by molar-refractivity contribution is -0.123. The minimum absolute atomic E-state index is 0.135. The lowest BCUT2D eigenvalue weighted by Gasteiger charge is -2.22. The smallest absolute Gasteiger partial charge is 0.155 e. The second-order valence-electron chi connectivity index (χ2n) is 3.09. The predicted molar refractivity (Wildman–Crippen MR) is 42.2 cm³/mol. The molecule has 1 heterocycles. The standard InChI is InChI=1S/C8H12N2O/c1-7(11)8(2,3)10-5-4-9-6-10/h4-6H,1-3H3. The summed E-state index contributed by atoms with van der Waals surface area (Å²) in [5, 5.41) is 0. The highest BCUT2D eigenvalue weighted by Gasteiger charge is 2.24. The topological polar surface area (TPSA) is 34.9 Å². The van der Waals surface area contributed by atoms with Crippen LogP contribution in [0.4, 0.5) is 0 Å². The van der Waals surface area contributed by atoms with Gasteiger partial charge in [-0.05, 0) is 20.8 Å². The Hall–Kier alpha value is -1.12. The molecule has 0 unspecified atom stereocenters. The number of carbonyl (C=O) groups excluding carboxylic acids is 1. The maximum Gasteiger partial charge on any atom is 0.155 e. The Labute approximate surface area is 66.1 Å². The molecular formula is C8H12N2O. The van der Waals surface area contributed by atoms with Gasteiger partial charge in [-0.15, -0.1) is 0 Å². The molecule has 0 aliphatic rings. The maximum atomic E-state index is 11.1. The fourth-order valence-electron chi connectivity index (χ4n) is 0.772. The fraction of sp³-hybridized carbons (Fsp3) is 0.500. The van der Waals surface area contributed by atoms with E-state index in [9.17, 15) is 4.79 Å². The Morgan fingerprint density at radius 2 is 2.18 bits per heavy atom. The second kappa shape index (κ2) is 2.49. The Morgan fingerprint density at radius 1 is 1.55 bits per heavy atom. The van der Waals surface area contributed by atoms with Crippen molar-refractivity contribution in [2.75, 3.05) is 0 Å². The minimum atomic E-state index is -0.462. The Balaban J connectivity index is 3.00. The van der Waals surface area contributed by atoms with E-state index in [2.05, 4.69) is 4.98 Å². The third-order valence-electron chi connectivity index (χ3n) is 2.01. The van der Waals surface area contributed by atoms with Gasteiger partial charge in [0.2, 0.25) is 0 Å². The number of hydrogen-bond donors (Lipinski definition) is 0. The van der Waals surface area contributed by atoms with Gasteiger partial charge in [0, 0.05) is 12.4 Å². The molecule has 0 fully saturated rings. The van der Waals surface area contributed by atoms with E-state index < -0.39 is 5.54 Å². The molecule has 1 aromatic rings. The van der Waals surface area contributed by atoms with Crippen molar-refractivity contribution < 1.29 is 4.79 Å². The summed E-state index contributed by atoms with van der Waals surface area (Å²) in [5.41, 5.74) is -0.462. The zero-order valence-electron chi connectivity index (χ0n) is 7.03. The molecule has 11 heavy (non-hydrogen) atoms. The van der Waals surface area contributed by atoms with Crippen molar-refractivity contribution in [2.45, 2.75) is 26.3 Å². The molecule has 3 nitrogen and oxygen atoms in total. The molecule has 0 atom stereocenters. The van der Waals surface area contributed by atoms with Crippen LogP contribution >= 0.6 is 0 Å². The summed E-state index contributed by atoms with van der Waals surface area (Å²) in [7, 11) is 0. The molecule has 1 rings (SSSR count). The van der Waals surface area contributed by atoms with Gasteiger partial charge in [-0.3, -0.25) is 4.79 Å². The van der Waals surface area contributed by atoms with Gasteiger partial charge >= 0.3 is 0 Å². The molecule has 3 heteroatoms. The van der Waals surface area contributed by atoms with E-state index in [1.165, 1.54) is 0 Å². The van der Waals surface area contributed by atoms with Crippen LogP contribution in [-0.2, 0) is 10.3 Å². The highest BCUT2D eigenvalue weighted by Crippen LogP contribution is 2.14. The molecule has 0 saturated carbocycles. The number of Topliss-reactive ketones (excluding diaryl/α,β-unsaturated/α-hetero) is 1. The van der Waals surface area contributed by atoms with E-state index in [1.807, 2.05) is 13.8 Å². The van der Waals surface area contributed by atoms with Crippen molar-refractivity contribution in [3.8, 4) is 0 Å². The lowest BCUT2D eigenvalue weighted by atomic mass is 10.0. The predicted octanol–water partition coefficient (Wildman–Crippen LogP) is 1.21. The van der Waals surface area contributed by atoms with Gasteiger partial charge < -0.3 is 4.57 Å². The van der Waals surface area contributed by atoms with Crippen LogP contribution in [0.5, 0.6) is 0 Å². The van der Waals surface area contributed by atoms with Crippen LogP contribution in [0.15, 0.2) is 18.7 Å². The summed E-state index contributed by atoms with van der Waals surface area (Å²) in [6.07, 6.45) is 5.12. The van der Waals surface area contributed by atoms with Crippen LogP contribution in [0, 0.1) is 0 Å². The van der Waals surface area contributed by atoms with E-state index >= 15 is 0 Å². The summed E-state index contributed by atoms with van der Waals surface area (Å²) in [6.45, 7) is 5.33. The largest absolute Gasteiger partial charge is 0.325 e. The van der Waals surface area contributed by atoms with Crippen molar-refractivity contribution >= 4 is 5.78 Å². The first-order valence-electron chi connectivity index (χ1n) is 3.54. The van der Waals surface area contributed by atoms with Gasteiger partial charge in [0.1, 0.15) is 0 Å². The first kappa shape index (κ1) is 7.98. The number of carbonyl (C=O) groups is 1. The van der Waals surface area contributed by atoms with Crippen molar-refractivity contribution in [3.63, 3.8) is 0 Å². The SMILES string of the molecule is CC(=O)C(C)(C)n1ccnc1. The van der Waals surface area contributed by atoms with Crippen LogP contribution in [0.1, 0.15) is 20.8 Å². The van der Waals surface area contributed by atoms with Gasteiger partial charge in [0.25, 0.3) is 0 Å². The Kier molecular flexibility index (Phi) is 1.81. The van der Waals surface area contributed by atoms with E-state index in [-0.39, 0.29) is 5.78 Å². The molecule has 0 bridgehead atoms. The number of hydrogen-bond acceptors (Lipinski definition) is 2. The normalized spacial score (nSPS) is 11.5. The van der Waals surface area contributed by atoms with E-state index in [1.54, 1.807) is 30.2 Å². The minimum Gasteiger partial charge on any atom is -0.325 e. The molecule has 0 saturated heterocycles. The summed E-state index contributed by atoms with van der Waals surface area (Å²) in [5.74, 6) is 0.135. The first-order valence-corrected chi connectivity index (χ1v) is 3.54. The Bertz CT molecular complexity index is 249. The molecule has 0 aliphatic carbocycles. The summed E-state index contributed by atoms with van der Waals surface area (Å²) in [4.78, 5) is 15.0. The van der Waals surface area contributed by atoms with Gasteiger partial charge in [0.05, 0.1) is 11.9 Å². The molecule has 1 aromatic heterocycles. The molecule has 0 amide bonds. The lowest BCUT2D eigenvalue weighted by Crippen LogP contribution is -2.32. The molecule has 60 valence electrons. The first-order chi connectivity index (χ1) is 5.05. The monoisotopic (exact) mass is 152 g/mol. The average molecular weight is 152 g/mol. The van der Waals surface area contributed by atoms with Crippen LogP contribution in [0.2, 0.25) is 0 Å². The highest BCUT2D eigenvalue weighted by atomic mass is 16.1. The zero-order valence-corrected chi connectivity index (χ0v) is 7.03.